The third-order valence-corrected chi connectivity index (χ3v) is 4.36. The number of hydrogen-bond donors (Lipinski definition) is 1. The number of nitro groups is 1. The normalized spacial score (nSPS) is 13.9. The fourth-order valence-electron chi connectivity index (χ4n) is 2.93. The number of benzene rings is 2. The molecule has 0 atom stereocenters. The third-order valence-electron chi connectivity index (χ3n) is 4.36. The Morgan fingerprint density at radius 3 is 2.69 bits per heavy atom. The Kier molecular flexibility index (Phi) is 4.88. The molecule has 0 unspecified atom stereocenters. The van der Waals surface area contributed by atoms with Crippen LogP contribution in [0.1, 0.15) is 22.3 Å². The minimum absolute atomic E-state index is 0.228. The summed E-state index contributed by atoms with van der Waals surface area (Å²) < 4.78 is 5.24. The second-order valence-electron chi connectivity index (χ2n) is 5.92. The molecule has 1 aliphatic heterocycles. The van der Waals surface area contributed by atoms with Crippen LogP contribution in [0.4, 0.5) is 5.69 Å². The van der Waals surface area contributed by atoms with Crippen molar-refractivity contribution in [3.05, 3.63) is 69.8 Å². The van der Waals surface area contributed by atoms with Gasteiger partial charge in [0.25, 0.3) is 5.91 Å². The zero-order valence-corrected chi connectivity index (χ0v) is 14.2. The minimum Gasteiger partial charge on any atom is -0.502 e. The minimum atomic E-state index is -0.687. The van der Waals surface area contributed by atoms with Crippen molar-refractivity contribution in [1.82, 2.24) is 4.90 Å². The number of methoxy groups -OCH3 is 1. The summed E-state index contributed by atoms with van der Waals surface area (Å²) in [6.45, 7) is 0.961. The molecule has 0 fully saturated rings. The van der Waals surface area contributed by atoms with Crippen molar-refractivity contribution in [1.29, 1.82) is 0 Å². The number of ether oxygens (including phenoxy) is 1. The van der Waals surface area contributed by atoms with E-state index in [9.17, 15) is 20.0 Å². The number of hydrogen-bond acceptors (Lipinski definition) is 5. The highest BCUT2D eigenvalue weighted by Crippen LogP contribution is 2.29. The lowest BCUT2D eigenvalue weighted by Gasteiger charge is -2.27. The van der Waals surface area contributed by atoms with Gasteiger partial charge in [0.05, 0.1) is 12.0 Å². The number of phenolic OH excluding ortho intramolecular Hbond substituents is 1. The van der Waals surface area contributed by atoms with Crippen LogP contribution < -0.4 is 4.74 Å². The highest BCUT2D eigenvalue weighted by Gasteiger charge is 2.22. The molecule has 2 aromatic carbocycles. The lowest BCUT2D eigenvalue weighted by atomic mass is 9.99. The van der Waals surface area contributed by atoms with Crippen LogP contribution in [0.3, 0.4) is 0 Å². The Bertz CT molecular complexity index is 891. The molecule has 7 heteroatoms. The predicted molar refractivity (Wildman–Crippen MR) is 96.3 cm³/mol. The van der Waals surface area contributed by atoms with E-state index in [0.29, 0.717) is 19.5 Å². The second-order valence-corrected chi connectivity index (χ2v) is 5.92. The highest BCUT2D eigenvalue weighted by atomic mass is 16.6. The van der Waals surface area contributed by atoms with Gasteiger partial charge in [-0.3, -0.25) is 14.9 Å². The van der Waals surface area contributed by atoms with E-state index in [-0.39, 0.29) is 11.5 Å². The number of carbonyl (C=O) groups excluding carboxylic acids is 1. The van der Waals surface area contributed by atoms with Crippen LogP contribution in [0.2, 0.25) is 0 Å². The van der Waals surface area contributed by atoms with E-state index >= 15 is 0 Å². The zero-order chi connectivity index (χ0) is 18.7. The number of phenols is 1. The molecule has 0 saturated carbocycles. The topological polar surface area (TPSA) is 92.9 Å². The molecule has 26 heavy (non-hydrogen) atoms. The molecule has 0 radical (unpaired) electrons. The van der Waals surface area contributed by atoms with E-state index in [1.54, 1.807) is 12.0 Å². The fraction of sp³-hybridized carbons (Fsp3) is 0.211. The first kappa shape index (κ1) is 17.5. The van der Waals surface area contributed by atoms with Crippen molar-refractivity contribution in [2.75, 3.05) is 20.2 Å². The van der Waals surface area contributed by atoms with Crippen molar-refractivity contribution in [3.63, 3.8) is 0 Å². The maximum absolute atomic E-state index is 12.6. The van der Waals surface area contributed by atoms with Gasteiger partial charge < -0.3 is 14.7 Å². The molecule has 1 aliphatic rings. The van der Waals surface area contributed by atoms with Crippen LogP contribution in [-0.2, 0) is 0 Å². The zero-order valence-electron chi connectivity index (χ0n) is 14.2. The molecular formula is C19H18N2O5. The summed E-state index contributed by atoms with van der Waals surface area (Å²) in [4.78, 5) is 24.3. The molecule has 0 bridgehead atoms. The van der Waals surface area contributed by atoms with Crippen molar-refractivity contribution in [3.8, 4) is 11.5 Å². The van der Waals surface area contributed by atoms with Gasteiger partial charge in [-0.2, -0.15) is 0 Å². The van der Waals surface area contributed by atoms with Crippen molar-refractivity contribution >= 4 is 17.2 Å². The largest absolute Gasteiger partial charge is 0.502 e. The molecule has 1 amide bonds. The van der Waals surface area contributed by atoms with Gasteiger partial charge in [0, 0.05) is 24.7 Å². The van der Waals surface area contributed by atoms with Crippen molar-refractivity contribution < 1.29 is 19.6 Å². The average molecular weight is 354 g/mol. The van der Waals surface area contributed by atoms with Gasteiger partial charge in [0.2, 0.25) is 0 Å². The molecule has 0 spiro atoms. The summed E-state index contributed by atoms with van der Waals surface area (Å²) in [6, 6.07) is 11.4. The highest BCUT2D eigenvalue weighted by molar-refractivity contribution is 5.95. The molecule has 2 aromatic rings. The molecule has 0 saturated heterocycles. The van der Waals surface area contributed by atoms with E-state index < -0.39 is 16.4 Å². The summed E-state index contributed by atoms with van der Waals surface area (Å²) in [7, 11) is 1.62. The van der Waals surface area contributed by atoms with Crippen LogP contribution in [0.25, 0.3) is 5.57 Å². The molecule has 0 aliphatic carbocycles. The van der Waals surface area contributed by atoms with Gasteiger partial charge in [-0.15, -0.1) is 0 Å². The molecule has 1 heterocycles. The SMILES string of the molecule is COc1cccc(C2=CCN(C(=O)c3ccc([N+](=O)[O-])c(O)c3)CC2)c1. The summed E-state index contributed by atoms with van der Waals surface area (Å²) in [6.07, 6.45) is 2.68. The Labute approximate surface area is 150 Å². The number of nitro benzene ring substituents is 1. The fourth-order valence-corrected chi connectivity index (χ4v) is 2.93. The van der Waals surface area contributed by atoms with Gasteiger partial charge in [0.15, 0.2) is 5.75 Å². The summed E-state index contributed by atoms with van der Waals surface area (Å²) in [5, 5.41) is 20.5. The van der Waals surface area contributed by atoms with Crippen molar-refractivity contribution in [2.45, 2.75) is 6.42 Å². The first-order chi connectivity index (χ1) is 12.5. The molecular weight excluding hydrogens is 336 g/mol. The standard InChI is InChI=1S/C19H18N2O5/c1-26-16-4-2-3-14(11-16)13-7-9-20(10-8-13)19(23)15-5-6-17(21(24)25)18(22)12-15/h2-7,11-12,22H,8-10H2,1H3. The summed E-state index contributed by atoms with van der Waals surface area (Å²) in [5.41, 5.74) is 2.01. The molecule has 3 rings (SSSR count). The van der Waals surface area contributed by atoms with Gasteiger partial charge >= 0.3 is 5.69 Å². The number of carbonyl (C=O) groups is 1. The predicted octanol–water partition coefficient (Wildman–Crippen LogP) is 3.24. The Morgan fingerprint density at radius 1 is 1.27 bits per heavy atom. The van der Waals surface area contributed by atoms with Crippen LogP contribution in [0, 0.1) is 10.1 Å². The van der Waals surface area contributed by atoms with Crippen LogP contribution in [0.15, 0.2) is 48.5 Å². The Balaban J connectivity index is 1.74. The summed E-state index contributed by atoms with van der Waals surface area (Å²) in [5.74, 6) is 0.00451. The Morgan fingerprint density at radius 2 is 2.08 bits per heavy atom. The maximum Gasteiger partial charge on any atom is 0.310 e. The number of nitrogens with zero attached hydrogens (tertiary/aromatic N) is 2. The van der Waals surface area contributed by atoms with E-state index in [4.69, 9.17) is 4.74 Å². The molecule has 1 N–H and O–H groups in total. The number of aromatic hydroxyl groups is 1. The molecule has 7 nitrogen and oxygen atoms in total. The smallest absolute Gasteiger partial charge is 0.310 e. The number of rotatable bonds is 4. The van der Waals surface area contributed by atoms with Crippen molar-refractivity contribution in [2.24, 2.45) is 0 Å². The van der Waals surface area contributed by atoms with E-state index in [1.807, 2.05) is 30.3 Å². The average Bonchev–Trinajstić information content (AvgIpc) is 2.67. The lowest BCUT2D eigenvalue weighted by molar-refractivity contribution is -0.385. The monoisotopic (exact) mass is 354 g/mol. The van der Waals surface area contributed by atoms with Gasteiger partial charge in [-0.05, 0) is 41.8 Å². The third kappa shape index (κ3) is 3.51. The van der Waals surface area contributed by atoms with Gasteiger partial charge in [0.1, 0.15) is 5.75 Å². The van der Waals surface area contributed by atoms with E-state index in [0.717, 1.165) is 29.0 Å². The molecule has 134 valence electrons. The van der Waals surface area contributed by atoms with E-state index in [2.05, 4.69) is 0 Å². The first-order valence-electron chi connectivity index (χ1n) is 8.09. The Hall–Kier alpha value is -3.35. The number of amides is 1. The maximum atomic E-state index is 12.6. The van der Waals surface area contributed by atoms with Crippen LogP contribution in [-0.4, -0.2) is 41.0 Å². The lowest BCUT2D eigenvalue weighted by Crippen LogP contribution is -2.34. The van der Waals surface area contributed by atoms with Crippen LogP contribution in [0.5, 0.6) is 11.5 Å². The van der Waals surface area contributed by atoms with Gasteiger partial charge in [-0.1, -0.05) is 18.2 Å². The second kappa shape index (κ2) is 7.26. The summed E-state index contributed by atoms with van der Waals surface area (Å²) >= 11 is 0. The first-order valence-corrected chi connectivity index (χ1v) is 8.09. The van der Waals surface area contributed by atoms with Crippen LogP contribution >= 0.6 is 0 Å². The van der Waals surface area contributed by atoms with E-state index in [1.165, 1.54) is 6.07 Å². The molecule has 0 aromatic heterocycles. The van der Waals surface area contributed by atoms with Gasteiger partial charge in [-0.25, -0.2) is 0 Å². The quantitative estimate of drug-likeness (QED) is 0.672.